The Morgan fingerprint density at radius 3 is 2.89 bits per heavy atom. The highest BCUT2D eigenvalue weighted by Gasteiger charge is 2.17. The van der Waals surface area contributed by atoms with Crippen molar-refractivity contribution >= 4 is 5.91 Å². The van der Waals surface area contributed by atoms with Crippen molar-refractivity contribution in [2.45, 2.75) is 45.3 Å². The molecule has 0 aromatic rings. The van der Waals surface area contributed by atoms with Crippen molar-refractivity contribution < 1.29 is 14.3 Å². The minimum Gasteiger partial charge on any atom is -0.376 e. The Morgan fingerprint density at radius 2 is 2.22 bits per heavy atom. The van der Waals surface area contributed by atoms with Gasteiger partial charge in [0.25, 0.3) is 0 Å². The van der Waals surface area contributed by atoms with Crippen molar-refractivity contribution in [2.24, 2.45) is 0 Å². The molecule has 5 nitrogen and oxygen atoms in total. The zero-order valence-corrected chi connectivity index (χ0v) is 11.5. The number of carbonyl (C=O) groups is 1. The van der Waals surface area contributed by atoms with Gasteiger partial charge in [-0.3, -0.25) is 4.79 Å². The smallest absolute Gasteiger partial charge is 0.236 e. The van der Waals surface area contributed by atoms with E-state index in [-0.39, 0.29) is 18.1 Å². The Hall–Kier alpha value is -0.650. The van der Waals surface area contributed by atoms with E-state index < -0.39 is 0 Å². The Balaban J connectivity index is 2.07. The summed E-state index contributed by atoms with van der Waals surface area (Å²) in [7, 11) is 0. The largest absolute Gasteiger partial charge is 0.376 e. The van der Waals surface area contributed by atoms with Crippen LogP contribution in [0.25, 0.3) is 0 Å². The van der Waals surface area contributed by atoms with E-state index in [0.29, 0.717) is 26.4 Å². The number of amides is 1. The van der Waals surface area contributed by atoms with Crippen molar-refractivity contribution in [3.05, 3.63) is 0 Å². The van der Waals surface area contributed by atoms with E-state index in [1.54, 1.807) is 0 Å². The minimum absolute atomic E-state index is 0.0582. The summed E-state index contributed by atoms with van der Waals surface area (Å²) in [5, 5.41) is 6.11. The third-order valence-electron chi connectivity index (χ3n) is 3.01. The monoisotopic (exact) mass is 258 g/mol. The first-order valence-corrected chi connectivity index (χ1v) is 6.94. The van der Waals surface area contributed by atoms with Gasteiger partial charge in [0.2, 0.25) is 5.91 Å². The molecule has 0 saturated carbocycles. The standard InChI is InChI=1S/C13H26N2O3/c1-3-4-5-6-14-13(16)11(2)15-9-12-10-17-7-8-18-12/h11-12,15H,3-10H2,1-2H3,(H,14,16). The molecule has 2 N–H and O–H groups in total. The van der Waals surface area contributed by atoms with Crippen molar-refractivity contribution in [3.63, 3.8) is 0 Å². The summed E-state index contributed by atoms with van der Waals surface area (Å²) < 4.78 is 10.8. The van der Waals surface area contributed by atoms with Crippen LogP contribution >= 0.6 is 0 Å². The van der Waals surface area contributed by atoms with E-state index in [1.807, 2.05) is 6.92 Å². The number of ether oxygens (including phenoxy) is 2. The van der Waals surface area contributed by atoms with Crippen LogP contribution in [0.4, 0.5) is 0 Å². The van der Waals surface area contributed by atoms with E-state index in [1.165, 1.54) is 6.42 Å². The van der Waals surface area contributed by atoms with Gasteiger partial charge in [-0.05, 0) is 13.3 Å². The fraction of sp³-hybridized carbons (Fsp3) is 0.923. The van der Waals surface area contributed by atoms with Crippen molar-refractivity contribution in [3.8, 4) is 0 Å². The van der Waals surface area contributed by atoms with E-state index in [4.69, 9.17) is 9.47 Å². The van der Waals surface area contributed by atoms with Gasteiger partial charge < -0.3 is 20.1 Å². The van der Waals surface area contributed by atoms with E-state index in [9.17, 15) is 4.79 Å². The number of nitrogens with one attached hydrogen (secondary N) is 2. The Morgan fingerprint density at radius 1 is 1.39 bits per heavy atom. The Labute approximate surface area is 110 Å². The lowest BCUT2D eigenvalue weighted by molar-refractivity contribution is -0.123. The molecular formula is C13H26N2O3. The molecule has 106 valence electrons. The number of carbonyl (C=O) groups excluding carboxylic acids is 1. The predicted molar refractivity (Wildman–Crippen MR) is 70.6 cm³/mol. The molecule has 0 aromatic carbocycles. The highest BCUT2D eigenvalue weighted by molar-refractivity contribution is 5.81. The summed E-state index contributed by atoms with van der Waals surface area (Å²) in [5.74, 6) is 0.0582. The molecule has 1 aliphatic heterocycles. The van der Waals surface area contributed by atoms with E-state index in [0.717, 1.165) is 19.4 Å². The summed E-state index contributed by atoms with van der Waals surface area (Å²) >= 11 is 0. The molecule has 0 aliphatic carbocycles. The molecular weight excluding hydrogens is 232 g/mol. The van der Waals surface area contributed by atoms with Crippen LogP contribution in [-0.2, 0) is 14.3 Å². The molecule has 1 rings (SSSR count). The number of unbranched alkanes of at least 4 members (excludes halogenated alkanes) is 2. The number of hydrogen-bond donors (Lipinski definition) is 2. The first kappa shape index (κ1) is 15.4. The summed E-state index contributed by atoms with van der Waals surface area (Å²) in [4.78, 5) is 11.7. The van der Waals surface area contributed by atoms with Crippen LogP contribution < -0.4 is 10.6 Å². The van der Waals surface area contributed by atoms with Crippen LogP contribution in [-0.4, -0.2) is 51.0 Å². The van der Waals surface area contributed by atoms with Crippen LogP contribution in [0.3, 0.4) is 0 Å². The third kappa shape index (κ3) is 6.33. The summed E-state index contributed by atoms with van der Waals surface area (Å²) in [5.41, 5.74) is 0. The fourth-order valence-electron chi connectivity index (χ4n) is 1.80. The summed E-state index contributed by atoms with van der Waals surface area (Å²) in [6, 6.07) is -0.183. The first-order chi connectivity index (χ1) is 8.74. The van der Waals surface area contributed by atoms with Crippen LogP contribution in [0.1, 0.15) is 33.1 Å². The van der Waals surface area contributed by atoms with E-state index >= 15 is 0 Å². The van der Waals surface area contributed by atoms with Gasteiger partial charge in [0, 0.05) is 13.1 Å². The SMILES string of the molecule is CCCCCNC(=O)C(C)NCC1COCCO1. The van der Waals surface area contributed by atoms with Gasteiger partial charge in [0.1, 0.15) is 0 Å². The second-order valence-corrected chi connectivity index (χ2v) is 4.70. The Kier molecular flexibility index (Phi) is 7.96. The lowest BCUT2D eigenvalue weighted by Crippen LogP contribution is -2.47. The van der Waals surface area contributed by atoms with Gasteiger partial charge in [-0.1, -0.05) is 19.8 Å². The highest BCUT2D eigenvalue weighted by atomic mass is 16.6. The molecule has 1 amide bonds. The molecule has 0 radical (unpaired) electrons. The Bertz CT molecular complexity index is 230. The molecule has 0 bridgehead atoms. The number of hydrogen-bond acceptors (Lipinski definition) is 4. The molecule has 1 saturated heterocycles. The molecule has 5 heteroatoms. The highest BCUT2D eigenvalue weighted by Crippen LogP contribution is 1.99. The maximum atomic E-state index is 11.7. The van der Waals surface area contributed by atoms with Crippen LogP contribution in [0, 0.1) is 0 Å². The average Bonchev–Trinajstić information content (AvgIpc) is 2.42. The predicted octanol–water partition coefficient (Wildman–Crippen LogP) is 0.686. The van der Waals surface area contributed by atoms with Gasteiger partial charge in [-0.2, -0.15) is 0 Å². The van der Waals surface area contributed by atoms with Crippen molar-refractivity contribution in [1.29, 1.82) is 0 Å². The summed E-state index contributed by atoms with van der Waals surface area (Å²) in [6.07, 6.45) is 3.45. The topological polar surface area (TPSA) is 59.6 Å². The molecule has 18 heavy (non-hydrogen) atoms. The molecule has 1 heterocycles. The lowest BCUT2D eigenvalue weighted by atomic mass is 10.2. The summed E-state index contributed by atoms with van der Waals surface area (Å²) in [6.45, 7) is 7.37. The maximum absolute atomic E-state index is 11.7. The lowest BCUT2D eigenvalue weighted by Gasteiger charge is -2.24. The molecule has 0 aromatic heterocycles. The zero-order chi connectivity index (χ0) is 13.2. The van der Waals surface area contributed by atoms with Gasteiger partial charge in [0.05, 0.1) is 32.0 Å². The molecule has 1 fully saturated rings. The van der Waals surface area contributed by atoms with Gasteiger partial charge in [-0.15, -0.1) is 0 Å². The first-order valence-electron chi connectivity index (χ1n) is 6.94. The normalized spacial score (nSPS) is 21.6. The van der Waals surface area contributed by atoms with Gasteiger partial charge in [0.15, 0.2) is 0 Å². The second-order valence-electron chi connectivity index (χ2n) is 4.70. The van der Waals surface area contributed by atoms with Crippen LogP contribution in [0.2, 0.25) is 0 Å². The van der Waals surface area contributed by atoms with Gasteiger partial charge >= 0.3 is 0 Å². The van der Waals surface area contributed by atoms with Crippen molar-refractivity contribution in [2.75, 3.05) is 32.9 Å². The van der Waals surface area contributed by atoms with Crippen LogP contribution in [0.5, 0.6) is 0 Å². The molecule has 2 unspecified atom stereocenters. The third-order valence-corrected chi connectivity index (χ3v) is 3.01. The van der Waals surface area contributed by atoms with Gasteiger partial charge in [-0.25, -0.2) is 0 Å². The maximum Gasteiger partial charge on any atom is 0.236 e. The quantitative estimate of drug-likeness (QED) is 0.629. The van der Waals surface area contributed by atoms with E-state index in [2.05, 4.69) is 17.6 Å². The average molecular weight is 258 g/mol. The molecule has 1 aliphatic rings. The van der Waals surface area contributed by atoms with Crippen LogP contribution in [0.15, 0.2) is 0 Å². The number of rotatable bonds is 8. The fourth-order valence-corrected chi connectivity index (χ4v) is 1.80. The second kappa shape index (κ2) is 9.30. The minimum atomic E-state index is -0.183. The zero-order valence-electron chi connectivity index (χ0n) is 11.5. The van der Waals surface area contributed by atoms with Crippen molar-refractivity contribution in [1.82, 2.24) is 10.6 Å². The molecule has 2 atom stereocenters. The molecule has 0 spiro atoms.